The van der Waals surface area contributed by atoms with Crippen molar-refractivity contribution in [1.29, 1.82) is 0 Å². The van der Waals surface area contributed by atoms with Crippen molar-refractivity contribution in [2.45, 2.75) is 52.1 Å². The summed E-state index contributed by atoms with van der Waals surface area (Å²) in [5.74, 6) is -0.683. The molecule has 0 saturated carbocycles. The number of nitrogens with one attached hydrogen (secondary N) is 1. The quantitative estimate of drug-likeness (QED) is 0.428. The molecule has 1 N–H and O–H groups in total. The molecule has 1 unspecified atom stereocenters. The molecule has 0 bridgehead atoms. The molecule has 198 valence electrons. The molecular formula is C29H37N3O4S. The highest BCUT2D eigenvalue weighted by Gasteiger charge is 2.33. The largest absolute Gasteiger partial charge is 0.350 e. The lowest BCUT2D eigenvalue weighted by molar-refractivity contribution is -0.140. The van der Waals surface area contributed by atoms with Crippen LogP contribution in [0.5, 0.6) is 0 Å². The van der Waals surface area contributed by atoms with Gasteiger partial charge in [-0.2, -0.15) is 0 Å². The number of sulfonamides is 1. The number of fused-ring (bicyclic) bond motifs is 1. The summed E-state index contributed by atoms with van der Waals surface area (Å²) in [6.07, 6.45) is 2.04. The second kappa shape index (κ2) is 11.8. The van der Waals surface area contributed by atoms with Crippen molar-refractivity contribution in [3.05, 3.63) is 78.4 Å². The van der Waals surface area contributed by atoms with Crippen LogP contribution in [0.25, 0.3) is 10.8 Å². The van der Waals surface area contributed by atoms with Gasteiger partial charge in [-0.25, -0.2) is 8.42 Å². The molecule has 0 aliphatic rings. The Bertz CT molecular complexity index is 1330. The fraction of sp³-hybridized carbons (Fsp3) is 0.379. The number of amides is 2. The minimum absolute atomic E-state index is 0.257. The minimum atomic E-state index is -3.80. The summed E-state index contributed by atoms with van der Waals surface area (Å²) < 4.78 is 27.0. The Kier molecular flexibility index (Phi) is 8.97. The lowest BCUT2D eigenvalue weighted by atomic mass is 10.1. The van der Waals surface area contributed by atoms with E-state index in [-0.39, 0.29) is 12.5 Å². The molecule has 0 heterocycles. The third-order valence-corrected chi connectivity index (χ3v) is 7.21. The van der Waals surface area contributed by atoms with Gasteiger partial charge >= 0.3 is 0 Å². The predicted molar refractivity (Wildman–Crippen MR) is 150 cm³/mol. The first-order valence-electron chi connectivity index (χ1n) is 12.5. The van der Waals surface area contributed by atoms with Crippen LogP contribution in [-0.4, -0.2) is 56.1 Å². The van der Waals surface area contributed by atoms with Crippen molar-refractivity contribution in [3.8, 4) is 0 Å². The molecule has 0 aliphatic heterocycles. The second-order valence-corrected chi connectivity index (χ2v) is 12.2. The summed E-state index contributed by atoms with van der Waals surface area (Å²) in [4.78, 5) is 28.6. The van der Waals surface area contributed by atoms with E-state index < -0.39 is 34.1 Å². The summed E-state index contributed by atoms with van der Waals surface area (Å²) in [5, 5.41) is 4.58. The van der Waals surface area contributed by atoms with Gasteiger partial charge in [-0.3, -0.25) is 13.9 Å². The normalized spacial score (nSPS) is 12.7. The molecule has 3 rings (SSSR count). The molecule has 37 heavy (non-hydrogen) atoms. The number of hydrogen-bond donors (Lipinski definition) is 1. The van der Waals surface area contributed by atoms with Crippen molar-refractivity contribution >= 4 is 38.3 Å². The smallest absolute Gasteiger partial charge is 0.244 e. The molecule has 0 spiro atoms. The van der Waals surface area contributed by atoms with E-state index in [1.54, 1.807) is 12.1 Å². The molecule has 8 heteroatoms. The van der Waals surface area contributed by atoms with Gasteiger partial charge in [0.15, 0.2) is 0 Å². The van der Waals surface area contributed by atoms with Crippen LogP contribution in [0, 0.1) is 0 Å². The molecule has 3 aromatic rings. The summed E-state index contributed by atoms with van der Waals surface area (Å²) in [6.45, 7) is 7.40. The van der Waals surface area contributed by atoms with Crippen LogP contribution in [-0.2, 0) is 26.0 Å². The fourth-order valence-corrected chi connectivity index (χ4v) is 5.23. The average Bonchev–Trinajstić information content (AvgIpc) is 2.83. The van der Waals surface area contributed by atoms with Gasteiger partial charge in [0.05, 0.1) is 11.9 Å². The fourth-order valence-electron chi connectivity index (χ4n) is 4.37. The summed E-state index contributed by atoms with van der Waals surface area (Å²) in [7, 11) is -3.80. The summed E-state index contributed by atoms with van der Waals surface area (Å²) >= 11 is 0. The van der Waals surface area contributed by atoms with E-state index in [1.807, 2.05) is 88.4 Å². The summed E-state index contributed by atoms with van der Waals surface area (Å²) in [6, 6.07) is 21.8. The Morgan fingerprint density at radius 1 is 0.919 bits per heavy atom. The number of carbonyl (C=O) groups excluding carboxylic acids is 2. The highest BCUT2D eigenvalue weighted by Crippen LogP contribution is 2.28. The Morgan fingerprint density at radius 3 is 2.16 bits per heavy atom. The van der Waals surface area contributed by atoms with Crippen molar-refractivity contribution in [1.82, 2.24) is 10.2 Å². The first kappa shape index (κ1) is 28.2. The van der Waals surface area contributed by atoms with Crippen LogP contribution in [0.3, 0.4) is 0 Å². The lowest BCUT2D eigenvalue weighted by Gasteiger charge is -2.34. The van der Waals surface area contributed by atoms with E-state index in [4.69, 9.17) is 0 Å². The van der Waals surface area contributed by atoms with Crippen LogP contribution in [0.4, 0.5) is 5.69 Å². The Labute approximate surface area is 220 Å². The maximum Gasteiger partial charge on any atom is 0.244 e. The Balaban J connectivity index is 1.98. The number of anilines is 1. The molecule has 0 aromatic heterocycles. The van der Waals surface area contributed by atoms with Gasteiger partial charge in [-0.1, -0.05) is 73.7 Å². The third-order valence-electron chi connectivity index (χ3n) is 6.08. The first-order chi connectivity index (χ1) is 17.4. The van der Waals surface area contributed by atoms with Crippen molar-refractivity contribution in [2.24, 2.45) is 0 Å². The van der Waals surface area contributed by atoms with E-state index in [0.29, 0.717) is 18.5 Å². The molecule has 2 amide bonds. The van der Waals surface area contributed by atoms with Crippen molar-refractivity contribution in [2.75, 3.05) is 23.7 Å². The maximum absolute atomic E-state index is 13.8. The van der Waals surface area contributed by atoms with Gasteiger partial charge in [-0.15, -0.1) is 0 Å². The number of rotatable bonds is 10. The minimum Gasteiger partial charge on any atom is -0.350 e. The van der Waals surface area contributed by atoms with E-state index in [2.05, 4.69) is 5.32 Å². The molecule has 1 atom stereocenters. The van der Waals surface area contributed by atoms with E-state index in [1.165, 1.54) is 4.90 Å². The average molecular weight is 524 g/mol. The van der Waals surface area contributed by atoms with Crippen LogP contribution in [0.1, 0.15) is 39.7 Å². The zero-order valence-corrected chi connectivity index (χ0v) is 23.1. The van der Waals surface area contributed by atoms with Gasteiger partial charge in [0.1, 0.15) is 12.6 Å². The topological polar surface area (TPSA) is 86.8 Å². The van der Waals surface area contributed by atoms with Gasteiger partial charge < -0.3 is 10.2 Å². The highest BCUT2D eigenvalue weighted by atomic mass is 32.2. The highest BCUT2D eigenvalue weighted by molar-refractivity contribution is 7.92. The van der Waals surface area contributed by atoms with Crippen molar-refractivity contribution in [3.63, 3.8) is 0 Å². The summed E-state index contributed by atoms with van der Waals surface area (Å²) in [5.41, 5.74) is 0.991. The zero-order chi connectivity index (χ0) is 27.2. The third kappa shape index (κ3) is 7.55. The lowest BCUT2D eigenvalue weighted by Crippen LogP contribution is -2.56. The van der Waals surface area contributed by atoms with E-state index >= 15 is 0 Å². The molecule has 3 aromatic carbocycles. The van der Waals surface area contributed by atoms with Gasteiger partial charge in [0.25, 0.3) is 0 Å². The second-order valence-electron chi connectivity index (χ2n) is 10.3. The van der Waals surface area contributed by atoms with Crippen LogP contribution in [0.15, 0.2) is 72.8 Å². The maximum atomic E-state index is 13.8. The predicted octanol–water partition coefficient (Wildman–Crippen LogP) is 4.37. The van der Waals surface area contributed by atoms with E-state index in [9.17, 15) is 18.0 Å². The Hall–Kier alpha value is -3.39. The van der Waals surface area contributed by atoms with Gasteiger partial charge in [0, 0.05) is 17.5 Å². The number of nitrogens with zero attached hydrogens (tertiary/aromatic N) is 2. The molecule has 7 nitrogen and oxygen atoms in total. The molecule has 0 saturated heterocycles. The standard InChI is InChI=1S/C29H37N3O4S/c1-6-25(28(34)30-29(2,3)4)31(20-19-22-13-8-7-9-14-22)27(33)21-32(37(5,35)36)26-18-12-16-23-15-10-11-17-24(23)26/h7-18,25H,6,19-21H2,1-5H3,(H,30,34). The Morgan fingerprint density at radius 2 is 1.54 bits per heavy atom. The monoisotopic (exact) mass is 523 g/mol. The molecular weight excluding hydrogens is 486 g/mol. The van der Waals surface area contributed by atoms with Crippen LogP contribution >= 0.6 is 0 Å². The van der Waals surface area contributed by atoms with Crippen LogP contribution in [0.2, 0.25) is 0 Å². The first-order valence-corrected chi connectivity index (χ1v) is 14.4. The molecule has 0 aliphatic carbocycles. The SMILES string of the molecule is CCC(C(=O)NC(C)(C)C)N(CCc1ccccc1)C(=O)CN(c1cccc2ccccc12)S(C)(=O)=O. The number of carbonyl (C=O) groups is 2. The van der Waals surface area contributed by atoms with E-state index in [0.717, 1.165) is 26.9 Å². The number of benzene rings is 3. The molecule has 0 radical (unpaired) electrons. The van der Waals surface area contributed by atoms with Gasteiger partial charge in [-0.05, 0) is 50.6 Å². The molecule has 0 fully saturated rings. The number of hydrogen-bond acceptors (Lipinski definition) is 4. The zero-order valence-electron chi connectivity index (χ0n) is 22.3. The van der Waals surface area contributed by atoms with Crippen molar-refractivity contribution < 1.29 is 18.0 Å². The van der Waals surface area contributed by atoms with Gasteiger partial charge in [0.2, 0.25) is 21.8 Å². The van der Waals surface area contributed by atoms with Crippen LogP contribution < -0.4 is 9.62 Å².